The Morgan fingerprint density at radius 3 is 2.08 bits per heavy atom. The van der Waals surface area contributed by atoms with Crippen LogP contribution in [0, 0.1) is 5.41 Å². The maximum atomic E-state index is 14.0. The van der Waals surface area contributed by atoms with E-state index in [1.807, 2.05) is 18.2 Å². The second-order valence-corrected chi connectivity index (χ2v) is 11.1. The lowest BCUT2D eigenvalue weighted by Crippen LogP contribution is -2.26. The minimum Gasteiger partial charge on any atom is -0.319 e. The van der Waals surface area contributed by atoms with Crippen molar-refractivity contribution in [3.8, 4) is 0 Å². The summed E-state index contributed by atoms with van der Waals surface area (Å²) in [5.41, 5.74) is 4.21. The Balaban J connectivity index is 1.68. The number of benzene rings is 3. The molecule has 1 saturated heterocycles. The highest BCUT2D eigenvalue weighted by Gasteiger charge is 2.59. The first-order valence-electron chi connectivity index (χ1n) is 9.39. The van der Waals surface area contributed by atoms with E-state index in [2.05, 4.69) is 73.7 Å². The summed E-state index contributed by atoms with van der Waals surface area (Å²) in [4.78, 5) is 0. The molecule has 3 aromatic carbocycles. The summed E-state index contributed by atoms with van der Waals surface area (Å²) >= 11 is 0. The van der Waals surface area contributed by atoms with Crippen LogP contribution < -0.4 is 5.30 Å². The lowest BCUT2D eigenvalue weighted by molar-refractivity contribution is 0.318. The Hall–Kier alpha value is -2.11. The number of fused-ring (bicyclic) bond motifs is 3. The Bertz CT molecular complexity index is 995. The Labute approximate surface area is 155 Å². The molecule has 1 unspecified atom stereocenters. The van der Waals surface area contributed by atoms with Gasteiger partial charge in [0.05, 0.1) is 0 Å². The highest BCUT2D eigenvalue weighted by Crippen LogP contribution is 2.72. The zero-order valence-electron chi connectivity index (χ0n) is 15.0. The van der Waals surface area contributed by atoms with E-state index in [4.69, 9.17) is 0 Å². The largest absolute Gasteiger partial charge is 0.319 e. The fourth-order valence-corrected chi connectivity index (χ4v) is 9.47. The summed E-state index contributed by atoms with van der Waals surface area (Å²) in [7, 11) is -2.38. The van der Waals surface area contributed by atoms with Gasteiger partial charge < -0.3 is 4.57 Å². The van der Waals surface area contributed by atoms with Gasteiger partial charge in [0.2, 0.25) is 0 Å². The standard InChI is InChI=1S/C24H23OP/c1-24-17-26(25,19-12-6-3-7-13-19)16-22(24)20-14-8-9-15-21(20)23(24)18-10-4-2-5-11-18/h2-15,22-23H,16-17H2,1H3/t22-,23-,24-,26?/m0/s1. The third-order valence-electron chi connectivity index (χ3n) is 6.57. The fraction of sp³-hybridized carbons (Fsp3) is 0.250. The minimum atomic E-state index is -2.38. The SMILES string of the molecule is C[C@]12CP(=O)(c3ccccc3)C[C@H]1c1ccccc1[C@@H]2c1ccccc1. The quantitative estimate of drug-likeness (QED) is 0.543. The molecule has 4 atom stereocenters. The van der Waals surface area contributed by atoms with E-state index < -0.39 is 7.14 Å². The summed E-state index contributed by atoms with van der Waals surface area (Å²) in [5, 5.41) is 1.06. The summed E-state index contributed by atoms with van der Waals surface area (Å²) in [6.07, 6.45) is 1.59. The molecule has 2 aliphatic rings. The number of hydrogen-bond acceptors (Lipinski definition) is 1. The van der Waals surface area contributed by atoms with Gasteiger partial charge in [-0.25, -0.2) is 0 Å². The highest BCUT2D eigenvalue weighted by molar-refractivity contribution is 7.72. The molecule has 26 heavy (non-hydrogen) atoms. The van der Waals surface area contributed by atoms with Crippen LogP contribution in [0.5, 0.6) is 0 Å². The molecular weight excluding hydrogens is 335 g/mol. The van der Waals surface area contributed by atoms with Crippen molar-refractivity contribution < 1.29 is 4.57 Å². The first-order chi connectivity index (χ1) is 12.6. The molecule has 0 spiro atoms. The molecule has 5 rings (SSSR count). The van der Waals surface area contributed by atoms with Crippen LogP contribution in [0.25, 0.3) is 0 Å². The van der Waals surface area contributed by atoms with Crippen LogP contribution in [-0.2, 0) is 4.57 Å². The van der Waals surface area contributed by atoms with Crippen LogP contribution in [0.1, 0.15) is 35.4 Å². The Kier molecular flexibility index (Phi) is 3.52. The summed E-state index contributed by atoms with van der Waals surface area (Å²) in [6, 6.07) is 29.8. The minimum absolute atomic E-state index is 0.0103. The lowest BCUT2D eigenvalue weighted by Gasteiger charge is -2.32. The van der Waals surface area contributed by atoms with Crippen molar-refractivity contribution in [1.29, 1.82) is 0 Å². The average Bonchev–Trinajstić information content (AvgIpc) is 3.08. The molecule has 3 aromatic rings. The average molecular weight is 358 g/mol. The van der Waals surface area contributed by atoms with Crippen molar-refractivity contribution in [2.45, 2.75) is 18.8 Å². The molecule has 0 amide bonds. The van der Waals surface area contributed by atoms with Crippen LogP contribution in [0.4, 0.5) is 0 Å². The smallest absolute Gasteiger partial charge is 0.116 e. The van der Waals surface area contributed by atoms with Crippen LogP contribution in [0.15, 0.2) is 84.9 Å². The lowest BCUT2D eigenvalue weighted by atomic mass is 9.71. The van der Waals surface area contributed by atoms with Crippen LogP contribution in [-0.4, -0.2) is 12.3 Å². The molecule has 130 valence electrons. The predicted molar refractivity (Wildman–Crippen MR) is 109 cm³/mol. The van der Waals surface area contributed by atoms with Gasteiger partial charge in [-0.3, -0.25) is 0 Å². The van der Waals surface area contributed by atoms with E-state index in [1.54, 1.807) is 0 Å². The van der Waals surface area contributed by atoms with E-state index in [1.165, 1.54) is 16.7 Å². The Morgan fingerprint density at radius 2 is 1.38 bits per heavy atom. The third kappa shape index (κ3) is 2.20. The second-order valence-electron chi connectivity index (χ2n) is 8.10. The second kappa shape index (κ2) is 5.69. The van der Waals surface area contributed by atoms with Gasteiger partial charge >= 0.3 is 0 Å². The first-order valence-corrected chi connectivity index (χ1v) is 11.5. The molecule has 0 aromatic heterocycles. The third-order valence-corrected chi connectivity index (χ3v) is 9.96. The molecule has 0 bridgehead atoms. The molecule has 0 N–H and O–H groups in total. The van der Waals surface area contributed by atoms with Crippen molar-refractivity contribution in [2.24, 2.45) is 5.41 Å². The maximum Gasteiger partial charge on any atom is 0.116 e. The molecule has 0 radical (unpaired) electrons. The van der Waals surface area contributed by atoms with Gasteiger partial charge in [-0.1, -0.05) is 91.9 Å². The molecular formula is C24H23OP. The van der Waals surface area contributed by atoms with Gasteiger partial charge in [0.1, 0.15) is 7.14 Å². The zero-order chi connectivity index (χ0) is 17.8. The fourth-order valence-electron chi connectivity index (χ4n) is 5.52. The van der Waals surface area contributed by atoms with E-state index >= 15 is 0 Å². The van der Waals surface area contributed by atoms with E-state index in [-0.39, 0.29) is 5.41 Å². The predicted octanol–water partition coefficient (Wildman–Crippen LogP) is 5.62. The molecule has 0 saturated carbocycles. The van der Waals surface area contributed by atoms with Gasteiger partial charge in [0, 0.05) is 23.5 Å². The van der Waals surface area contributed by atoms with Crippen molar-refractivity contribution in [2.75, 3.05) is 12.3 Å². The molecule has 1 aliphatic heterocycles. The highest BCUT2D eigenvalue weighted by atomic mass is 31.2. The number of rotatable bonds is 2. The van der Waals surface area contributed by atoms with Gasteiger partial charge in [0.15, 0.2) is 0 Å². The van der Waals surface area contributed by atoms with Gasteiger partial charge in [-0.05, 0) is 28.0 Å². The van der Waals surface area contributed by atoms with Crippen molar-refractivity contribution in [1.82, 2.24) is 0 Å². The first kappa shape index (κ1) is 16.1. The molecule has 1 heterocycles. The molecule has 1 nitrogen and oxygen atoms in total. The van der Waals surface area contributed by atoms with Gasteiger partial charge in [-0.15, -0.1) is 0 Å². The van der Waals surface area contributed by atoms with E-state index in [0.29, 0.717) is 11.8 Å². The van der Waals surface area contributed by atoms with Gasteiger partial charge in [0.25, 0.3) is 0 Å². The van der Waals surface area contributed by atoms with E-state index in [9.17, 15) is 4.57 Å². The molecule has 2 heteroatoms. The molecule has 1 aliphatic carbocycles. The van der Waals surface area contributed by atoms with Crippen molar-refractivity contribution >= 4 is 12.4 Å². The summed E-state index contributed by atoms with van der Waals surface area (Å²) in [5.74, 6) is 0.694. The maximum absolute atomic E-state index is 14.0. The van der Waals surface area contributed by atoms with E-state index in [0.717, 1.165) is 17.6 Å². The monoisotopic (exact) mass is 358 g/mol. The normalized spacial score (nSPS) is 32.2. The topological polar surface area (TPSA) is 17.1 Å². The zero-order valence-corrected chi connectivity index (χ0v) is 15.9. The van der Waals surface area contributed by atoms with Crippen molar-refractivity contribution in [3.05, 3.63) is 102 Å². The van der Waals surface area contributed by atoms with Gasteiger partial charge in [-0.2, -0.15) is 0 Å². The summed E-state index contributed by atoms with van der Waals surface area (Å²) in [6.45, 7) is 2.37. The van der Waals surface area contributed by atoms with Crippen LogP contribution >= 0.6 is 7.14 Å². The van der Waals surface area contributed by atoms with Crippen molar-refractivity contribution in [3.63, 3.8) is 0 Å². The van der Waals surface area contributed by atoms with Crippen LogP contribution in [0.3, 0.4) is 0 Å². The van der Waals surface area contributed by atoms with Crippen LogP contribution in [0.2, 0.25) is 0 Å². The Morgan fingerprint density at radius 1 is 0.808 bits per heavy atom. The number of hydrogen-bond donors (Lipinski definition) is 0. The summed E-state index contributed by atoms with van der Waals surface area (Å²) < 4.78 is 14.0. The molecule has 1 fully saturated rings.